The summed E-state index contributed by atoms with van der Waals surface area (Å²) in [6.07, 6.45) is -0.00390. The minimum atomic E-state index is -1.03. The third kappa shape index (κ3) is 3.41. The standard InChI is InChI=1S/C13H19FO3/c1-9(16-3)13(2,15)8-10-5-6-12(17-4)11(14)7-10/h5-7,9,15H,8H2,1-4H3. The van der Waals surface area contributed by atoms with Gasteiger partial charge in [-0.2, -0.15) is 0 Å². The molecule has 0 bridgehead atoms. The van der Waals surface area contributed by atoms with E-state index in [4.69, 9.17) is 9.47 Å². The summed E-state index contributed by atoms with van der Waals surface area (Å²) in [5.74, 6) is -0.223. The summed E-state index contributed by atoms with van der Waals surface area (Å²) in [5, 5.41) is 10.2. The first-order chi connectivity index (χ1) is 7.90. The number of hydrogen-bond acceptors (Lipinski definition) is 3. The molecule has 2 atom stereocenters. The van der Waals surface area contributed by atoms with E-state index in [0.717, 1.165) is 0 Å². The van der Waals surface area contributed by atoms with E-state index in [-0.39, 0.29) is 11.9 Å². The molecule has 1 aromatic rings. The molecule has 0 aliphatic heterocycles. The quantitative estimate of drug-likeness (QED) is 0.860. The van der Waals surface area contributed by atoms with Gasteiger partial charge in [-0.25, -0.2) is 4.39 Å². The van der Waals surface area contributed by atoms with Crippen LogP contribution in [0.4, 0.5) is 4.39 Å². The van der Waals surface area contributed by atoms with Crippen molar-refractivity contribution < 1.29 is 19.0 Å². The highest BCUT2D eigenvalue weighted by Gasteiger charge is 2.28. The largest absolute Gasteiger partial charge is 0.494 e. The molecule has 0 heterocycles. The minimum absolute atomic E-state index is 0.202. The van der Waals surface area contributed by atoms with E-state index < -0.39 is 11.4 Å². The molecule has 0 aliphatic rings. The van der Waals surface area contributed by atoms with Crippen LogP contribution < -0.4 is 4.74 Å². The molecule has 0 amide bonds. The molecule has 2 unspecified atom stereocenters. The molecule has 1 aromatic carbocycles. The summed E-state index contributed by atoms with van der Waals surface area (Å²) in [6, 6.07) is 4.66. The topological polar surface area (TPSA) is 38.7 Å². The van der Waals surface area contributed by atoms with Crippen molar-refractivity contribution in [2.45, 2.75) is 32.0 Å². The maximum absolute atomic E-state index is 13.5. The Hall–Kier alpha value is -1.13. The highest BCUT2D eigenvalue weighted by atomic mass is 19.1. The molecule has 96 valence electrons. The molecule has 17 heavy (non-hydrogen) atoms. The third-order valence-electron chi connectivity index (χ3n) is 3.01. The fraction of sp³-hybridized carbons (Fsp3) is 0.538. The number of aliphatic hydroxyl groups is 1. The van der Waals surface area contributed by atoms with E-state index in [0.29, 0.717) is 12.0 Å². The van der Waals surface area contributed by atoms with Crippen LogP contribution in [0.5, 0.6) is 5.75 Å². The first-order valence-corrected chi connectivity index (χ1v) is 5.48. The first-order valence-electron chi connectivity index (χ1n) is 5.48. The van der Waals surface area contributed by atoms with Crippen molar-refractivity contribution in [3.05, 3.63) is 29.6 Å². The molecule has 0 aliphatic carbocycles. The molecule has 0 aromatic heterocycles. The van der Waals surface area contributed by atoms with E-state index in [1.54, 1.807) is 26.0 Å². The number of ether oxygens (including phenoxy) is 2. The van der Waals surface area contributed by atoms with Gasteiger partial charge in [0.1, 0.15) is 0 Å². The van der Waals surface area contributed by atoms with Gasteiger partial charge >= 0.3 is 0 Å². The van der Waals surface area contributed by atoms with Crippen molar-refractivity contribution >= 4 is 0 Å². The summed E-state index contributed by atoms with van der Waals surface area (Å²) in [6.45, 7) is 3.45. The Morgan fingerprint density at radius 3 is 2.53 bits per heavy atom. The van der Waals surface area contributed by atoms with Gasteiger partial charge in [0.15, 0.2) is 11.6 Å². The summed E-state index contributed by atoms with van der Waals surface area (Å²) in [7, 11) is 2.95. The molecule has 0 saturated heterocycles. The van der Waals surface area contributed by atoms with Crippen LogP contribution in [0.1, 0.15) is 19.4 Å². The molecule has 0 radical (unpaired) electrons. The lowest BCUT2D eigenvalue weighted by Gasteiger charge is -2.29. The summed E-state index contributed by atoms with van der Waals surface area (Å²) in [5.41, 5.74) is -0.326. The van der Waals surface area contributed by atoms with Crippen LogP contribution in [-0.4, -0.2) is 31.0 Å². The molecule has 0 spiro atoms. The van der Waals surface area contributed by atoms with Crippen LogP contribution in [-0.2, 0) is 11.2 Å². The highest BCUT2D eigenvalue weighted by Crippen LogP contribution is 2.23. The molecule has 4 heteroatoms. The van der Waals surface area contributed by atoms with E-state index in [9.17, 15) is 9.50 Å². The van der Waals surface area contributed by atoms with Gasteiger partial charge in [0, 0.05) is 13.5 Å². The van der Waals surface area contributed by atoms with Crippen molar-refractivity contribution in [1.29, 1.82) is 0 Å². The predicted octanol–water partition coefficient (Wildman–Crippen LogP) is 2.16. The highest BCUT2D eigenvalue weighted by molar-refractivity contribution is 5.30. The van der Waals surface area contributed by atoms with E-state index in [2.05, 4.69) is 0 Å². The summed E-state index contributed by atoms with van der Waals surface area (Å²) >= 11 is 0. The van der Waals surface area contributed by atoms with Gasteiger partial charge in [0.2, 0.25) is 0 Å². The smallest absolute Gasteiger partial charge is 0.165 e. The lowest BCUT2D eigenvalue weighted by Crippen LogP contribution is -2.40. The minimum Gasteiger partial charge on any atom is -0.494 e. The Kier molecular flexibility index (Phi) is 4.48. The van der Waals surface area contributed by atoms with Gasteiger partial charge in [-0.15, -0.1) is 0 Å². The zero-order chi connectivity index (χ0) is 13.1. The molecule has 1 rings (SSSR count). The lowest BCUT2D eigenvalue weighted by atomic mass is 9.91. The van der Waals surface area contributed by atoms with Crippen molar-refractivity contribution in [2.75, 3.05) is 14.2 Å². The lowest BCUT2D eigenvalue weighted by molar-refractivity contribution is -0.0716. The molecule has 0 fully saturated rings. The van der Waals surface area contributed by atoms with E-state index in [1.165, 1.54) is 20.3 Å². The second-order valence-corrected chi connectivity index (χ2v) is 4.38. The Morgan fingerprint density at radius 2 is 2.06 bits per heavy atom. The van der Waals surface area contributed by atoms with Gasteiger partial charge in [-0.3, -0.25) is 0 Å². The monoisotopic (exact) mass is 242 g/mol. The first kappa shape index (κ1) is 13.9. The number of halogens is 1. The van der Waals surface area contributed by atoms with Crippen LogP contribution in [0, 0.1) is 5.82 Å². The Labute approximate surface area is 101 Å². The van der Waals surface area contributed by atoms with Gasteiger partial charge in [0.25, 0.3) is 0 Å². The van der Waals surface area contributed by atoms with Crippen molar-refractivity contribution in [2.24, 2.45) is 0 Å². The number of methoxy groups -OCH3 is 2. The van der Waals surface area contributed by atoms with Crippen LogP contribution >= 0.6 is 0 Å². The molecular weight excluding hydrogens is 223 g/mol. The van der Waals surface area contributed by atoms with Crippen molar-refractivity contribution in [3.63, 3.8) is 0 Å². The average molecular weight is 242 g/mol. The van der Waals surface area contributed by atoms with Crippen LogP contribution in [0.3, 0.4) is 0 Å². The predicted molar refractivity (Wildman–Crippen MR) is 63.8 cm³/mol. The maximum Gasteiger partial charge on any atom is 0.165 e. The number of rotatable bonds is 5. The Morgan fingerprint density at radius 1 is 1.41 bits per heavy atom. The SMILES string of the molecule is COc1ccc(CC(C)(O)C(C)OC)cc1F. The summed E-state index contributed by atoms with van der Waals surface area (Å²) < 4.78 is 23.4. The van der Waals surface area contributed by atoms with Gasteiger partial charge < -0.3 is 14.6 Å². The van der Waals surface area contributed by atoms with Gasteiger partial charge in [-0.1, -0.05) is 6.07 Å². The van der Waals surface area contributed by atoms with Crippen molar-refractivity contribution in [3.8, 4) is 5.75 Å². The average Bonchev–Trinajstić information content (AvgIpc) is 2.27. The maximum atomic E-state index is 13.5. The Balaban J connectivity index is 2.85. The van der Waals surface area contributed by atoms with Crippen LogP contribution in [0.15, 0.2) is 18.2 Å². The zero-order valence-corrected chi connectivity index (χ0v) is 10.7. The zero-order valence-electron chi connectivity index (χ0n) is 10.7. The van der Waals surface area contributed by atoms with E-state index >= 15 is 0 Å². The molecular formula is C13H19FO3. The van der Waals surface area contributed by atoms with Crippen LogP contribution in [0.2, 0.25) is 0 Å². The van der Waals surface area contributed by atoms with Gasteiger partial charge in [-0.05, 0) is 31.5 Å². The summed E-state index contributed by atoms with van der Waals surface area (Å²) in [4.78, 5) is 0. The molecule has 1 N–H and O–H groups in total. The second kappa shape index (κ2) is 5.47. The molecule has 0 saturated carbocycles. The van der Waals surface area contributed by atoms with Crippen molar-refractivity contribution in [1.82, 2.24) is 0 Å². The fourth-order valence-corrected chi connectivity index (χ4v) is 1.63. The fourth-order valence-electron chi connectivity index (χ4n) is 1.63. The normalized spacial score (nSPS) is 16.4. The van der Waals surface area contributed by atoms with E-state index in [1.807, 2.05) is 0 Å². The third-order valence-corrected chi connectivity index (χ3v) is 3.01. The second-order valence-electron chi connectivity index (χ2n) is 4.38. The molecule has 3 nitrogen and oxygen atoms in total. The number of hydrogen-bond donors (Lipinski definition) is 1. The van der Waals surface area contributed by atoms with Crippen LogP contribution in [0.25, 0.3) is 0 Å². The number of benzene rings is 1. The van der Waals surface area contributed by atoms with Gasteiger partial charge in [0.05, 0.1) is 18.8 Å². The Bertz CT molecular complexity index is 377.